The second-order valence-electron chi connectivity index (χ2n) is 5.70. The van der Waals surface area contributed by atoms with Gasteiger partial charge in [-0.3, -0.25) is 9.36 Å². The summed E-state index contributed by atoms with van der Waals surface area (Å²) < 4.78 is 12.1. The largest absolute Gasteiger partial charge is 0.479 e. The Morgan fingerprint density at radius 1 is 1.12 bits per heavy atom. The van der Waals surface area contributed by atoms with E-state index >= 15 is 0 Å². The number of ether oxygens (including phenoxy) is 2. The van der Waals surface area contributed by atoms with Gasteiger partial charge in [-0.25, -0.2) is 4.79 Å². The first-order valence-electron chi connectivity index (χ1n) is 8.20. The lowest BCUT2D eigenvalue weighted by atomic mass is 10.2. The van der Waals surface area contributed by atoms with Crippen LogP contribution in [0, 0.1) is 0 Å². The number of nitrogens with zero attached hydrogens (tertiary/aromatic N) is 1. The summed E-state index contributed by atoms with van der Waals surface area (Å²) in [6.45, 7) is 1.85. The number of halogens is 1. The smallest absolute Gasteiger partial charge is 0.340 e. The van der Waals surface area contributed by atoms with E-state index in [-0.39, 0.29) is 5.91 Å². The van der Waals surface area contributed by atoms with Crippen LogP contribution in [0.3, 0.4) is 0 Å². The van der Waals surface area contributed by atoms with Crippen molar-refractivity contribution in [2.24, 2.45) is 0 Å². The second kappa shape index (κ2) is 7.62. The molecule has 2 aromatic carbocycles. The van der Waals surface area contributed by atoms with Crippen molar-refractivity contribution < 1.29 is 19.1 Å². The van der Waals surface area contributed by atoms with E-state index in [2.05, 4.69) is 0 Å². The number of hydrogen-bond donors (Lipinski definition) is 0. The molecule has 6 heteroatoms. The van der Waals surface area contributed by atoms with Crippen LogP contribution in [0.25, 0.3) is 10.9 Å². The van der Waals surface area contributed by atoms with Gasteiger partial charge < -0.3 is 9.47 Å². The molecule has 3 aromatic rings. The number of esters is 1. The molecule has 26 heavy (non-hydrogen) atoms. The summed E-state index contributed by atoms with van der Waals surface area (Å²) in [6, 6.07) is 14.2. The number of carbonyl (C=O) groups is 2. The van der Waals surface area contributed by atoms with Crippen molar-refractivity contribution in [1.29, 1.82) is 0 Å². The van der Waals surface area contributed by atoms with Gasteiger partial charge >= 0.3 is 5.97 Å². The lowest BCUT2D eigenvalue weighted by Crippen LogP contribution is -2.31. The fourth-order valence-corrected chi connectivity index (χ4v) is 2.97. The van der Waals surface area contributed by atoms with Crippen LogP contribution in [0.5, 0.6) is 5.75 Å². The summed E-state index contributed by atoms with van der Waals surface area (Å²) in [4.78, 5) is 25.1. The zero-order valence-electron chi connectivity index (χ0n) is 14.4. The fourth-order valence-electron chi connectivity index (χ4n) is 2.79. The Hall–Kier alpha value is -2.79. The van der Waals surface area contributed by atoms with E-state index in [0.29, 0.717) is 33.7 Å². The van der Waals surface area contributed by atoms with Gasteiger partial charge in [0.1, 0.15) is 5.75 Å². The molecule has 0 unspecified atom stereocenters. The minimum Gasteiger partial charge on any atom is -0.479 e. The van der Waals surface area contributed by atoms with E-state index in [4.69, 9.17) is 21.1 Å². The Labute approximate surface area is 156 Å². The van der Waals surface area contributed by atoms with Crippen molar-refractivity contribution in [3.63, 3.8) is 0 Å². The molecule has 1 aromatic heterocycles. The Morgan fingerprint density at radius 2 is 1.81 bits per heavy atom. The lowest BCUT2D eigenvalue weighted by molar-refractivity contribution is 0.0602. The van der Waals surface area contributed by atoms with Gasteiger partial charge in [-0.2, -0.15) is 0 Å². The molecule has 0 aliphatic heterocycles. The van der Waals surface area contributed by atoms with Crippen LogP contribution in [0.4, 0.5) is 0 Å². The predicted octanol–water partition coefficient (Wildman–Crippen LogP) is 4.58. The van der Waals surface area contributed by atoms with Gasteiger partial charge in [0.25, 0.3) is 5.91 Å². The monoisotopic (exact) mass is 371 g/mol. The zero-order valence-corrected chi connectivity index (χ0v) is 15.2. The van der Waals surface area contributed by atoms with Gasteiger partial charge in [-0.1, -0.05) is 48.9 Å². The molecule has 134 valence electrons. The highest BCUT2D eigenvalue weighted by Gasteiger charge is 2.25. The first-order valence-corrected chi connectivity index (χ1v) is 8.58. The van der Waals surface area contributed by atoms with Crippen LogP contribution in [0.1, 0.15) is 28.5 Å². The normalized spacial score (nSPS) is 12.0. The summed E-state index contributed by atoms with van der Waals surface area (Å²) in [7, 11) is 1.31. The van der Waals surface area contributed by atoms with Crippen molar-refractivity contribution >= 4 is 34.4 Å². The molecular formula is C20H18ClNO4. The van der Waals surface area contributed by atoms with Crippen molar-refractivity contribution in [3.8, 4) is 5.75 Å². The highest BCUT2D eigenvalue weighted by atomic mass is 35.5. The van der Waals surface area contributed by atoms with Gasteiger partial charge in [0.15, 0.2) is 6.10 Å². The topological polar surface area (TPSA) is 57.5 Å². The van der Waals surface area contributed by atoms with Gasteiger partial charge in [-0.15, -0.1) is 0 Å². The summed E-state index contributed by atoms with van der Waals surface area (Å²) in [5, 5.41) is 1.09. The number of carbonyl (C=O) groups excluding carboxylic acids is 2. The number of rotatable bonds is 5. The highest BCUT2D eigenvalue weighted by molar-refractivity contribution is 6.32. The van der Waals surface area contributed by atoms with E-state index in [1.807, 2.05) is 13.0 Å². The summed E-state index contributed by atoms with van der Waals surface area (Å²) in [5.41, 5.74) is 0.961. The third-order valence-electron chi connectivity index (χ3n) is 4.11. The average molecular weight is 372 g/mol. The van der Waals surface area contributed by atoms with Crippen LogP contribution < -0.4 is 4.74 Å². The molecule has 1 atom stereocenters. The van der Waals surface area contributed by atoms with E-state index < -0.39 is 12.1 Å². The summed E-state index contributed by atoms with van der Waals surface area (Å²) in [6.07, 6.45) is 1.21. The Bertz CT molecular complexity index is 963. The van der Waals surface area contributed by atoms with Crippen LogP contribution in [-0.4, -0.2) is 29.7 Å². The molecular weight excluding hydrogens is 354 g/mol. The third kappa shape index (κ3) is 3.30. The van der Waals surface area contributed by atoms with Crippen LogP contribution >= 0.6 is 11.6 Å². The van der Waals surface area contributed by atoms with E-state index in [9.17, 15) is 9.59 Å². The second-order valence-corrected chi connectivity index (χ2v) is 6.11. The number of fused-ring (bicyclic) bond motifs is 1. The maximum Gasteiger partial charge on any atom is 0.340 e. The molecule has 0 amide bonds. The quantitative estimate of drug-likeness (QED) is 0.616. The first kappa shape index (κ1) is 18.0. The number of para-hydroxylation sites is 2. The van der Waals surface area contributed by atoms with Crippen LogP contribution in [0.2, 0.25) is 5.02 Å². The third-order valence-corrected chi connectivity index (χ3v) is 4.42. The molecule has 0 radical (unpaired) electrons. The maximum atomic E-state index is 13.1. The maximum absolute atomic E-state index is 13.1. The Morgan fingerprint density at radius 3 is 2.50 bits per heavy atom. The van der Waals surface area contributed by atoms with Crippen LogP contribution in [0.15, 0.2) is 54.7 Å². The molecule has 3 rings (SSSR count). The number of aromatic nitrogens is 1. The number of benzene rings is 2. The minimum atomic E-state index is -0.740. The predicted molar refractivity (Wildman–Crippen MR) is 100 cm³/mol. The number of methoxy groups -OCH3 is 1. The molecule has 0 bridgehead atoms. The van der Waals surface area contributed by atoms with Gasteiger partial charge in [0.2, 0.25) is 0 Å². The van der Waals surface area contributed by atoms with Gasteiger partial charge in [0, 0.05) is 11.6 Å². The van der Waals surface area contributed by atoms with Crippen molar-refractivity contribution in [2.45, 2.75) is 19.4 Å². The standard InChI is InChI=1S/C20H18ClNO4/c1-3-17(26-18-11-7-5-9-15(18)21)19(23)22-12-14(20(24)25-2)13-8-4-6-10-16(13)22/h4-12,17H,3H2,1-2H3/t17-/m1/s1. The molecule has 5 nitrogen and oxygen atoms in total. The zero-order chi connectivity index (χ0) is 18.7. The first-order chi connectivity index (χ1) is 12.6. The molecule has 0 saturated heterocycles. The van der Waals surface area contributed by atoms with Crippen molar-refractivity contribution in [2.75, 3.05) is 7.11 Å². The summed E-state index contributed by atoms with van der Waals surface area (Å²) in [5.74, 6) is -0.328. The van der Waals surface area contributed by atoms with Crippen molar-refractivity contribution in [1.82, 2.24) is 4.57 Å². The average Bonchev–Trinajstić information content (AvgIpc) is 3.06. The highest BCUT2D eigenvalue weighted by Crippen LogP contribution is 2.27. The molecule has 0 aliphatic carbocycles. The van der Waals surface area contributed by atoms with E-state index in [1.54, 1.807) is 42.5 Å². The van der Waals surface area contributed by atoms with Crippen molar-refractivity contribution in [3.05, 3.63) is 65.3 Å². The molecule has 0 saturated carbocycles. The minimum absolute atomic E-state index is 0.279. The Balaban J connectivity index is 2.00. The fraction of sp³-hybridized carbons (Fsp3) is 0.200. The molecule has 0 spiro atoms. The number of hydrogen-bond acceptors (Lipinski definition) is 4. The van der Waals surface area contributed by atoms with E-state index in [1.165, 1.54) is 17.9 Å². The molecule has 1 heterocycles. The van der Waals surface area contributed by atoms with Gasteiger partial charge in [0.05, 0.1) is 23.2 Å². The lowest BCUT2D eigenvalue weighted by Gasteiger charge is -2.18. The summed E-state index contributed by atoms with van der Waals surface area (Å²) >= 11 is 6.13. The SMILES string of the molecule is CC[C@@H](Oc1ccccc1Cl)C(=O)n1cc(C(=O)OC)c2ccccc21. The molecule has 0 aliphatic rings. The van der Waals surface area contributed by atoms with Gasteiger partial charge in [-0.05, 0) is 24.6 Å². The molecule has 0 N–H and O–H groups in total. The van der Waals surface area contributed by atoms with E-state index in [0.717, 1.165) is 0 Å². The van der Waals surface area contributed by atoms with Crippen LogP contribution in [-0.2, 0) is 4.74 Å². The molecule has 0 fully saturated rings. The Kier molecular flexibility index (Phi) is 5.28.